The lowest BCUT2D eigenvalue weighted by atomic mass is 9.93. The highest BCUT2D eigenvalue weighted by atomic mass is 28.4. The molecule has 1 aliphatic carbocycles. The Bertz CT molecular complexity index is 323. The molecule has 17 heavy (non-hydrogen) atoms. The second-order valence-electron chi connectivity index (χ2n) is 6.51. The molecule has 0 bridgehead atoms. The number of nitrogens with zero attached hydrogens (tertiary/aromatic N) is 1. The molecule has 3 heteroatoms. The number of hydrogen-bond donors (Lipinski definition) is 0. The third-order valence-corrected chi connectivity index (χ3v) is 8.65. The van der Waals surface area contributed by atoms with Crippen molar-refractivity contribution in [1.82, 2.24) is 0 Å². The molecule has 0 aromatic carbocycles. The summed E-state index contributed by atoms with van der Waals surface area (Å²) in [5.74, 6) is 0. The highest BCUT2D eigenvalue weighted by Crippen LogP contribution is 2.39. The van der Waals surface area contributed by atoms with Crippen molar-refractivity contribution in [3.63, 3.8) is 0 Å². The lowest BCUT2D eigenvalue weighted by Gasteiger charge is -2.40. The molecule has 2 nitrogen and oxygen atoms in total. The van der Waals surface area contributed by atoms with Gasteiger partial charge < -0.3 is 4.43 Å². The summed E-state index contributed by atoms with van der Waals surface area (Å²) in [5.41, 5.74) is 1.29. The molecule has 0 atom stereocenters. The van der Waals surface area contributed by atoms with Crippen molar-refractivity contribution >= 4 is 8.32 Å². The van der Waals surface area contributed by atoms with E-state index in [0.29, 0.717) is 6.10 Å². The van der Waals surface area contributed by atoms with Crippen LogP contribution in [0.2, 0.25) is 18.1 Å². The van der Waals surface area contributed by atoms with Crippen LogP contribution in [0.5, 0.6) is 0 Å². The third-order valence-electron chi connectivity index (χ3n) is 4.11. The van der Waals surface area contributed by atoms with E-state index in [2.05, 4.69) is 39.9 Å². The molecule has 96 valence electrons. The van der Waals surface area contributed by atoms with Gasteiger partial charge in [-0.25, -0.2) is 0 Å². The Labute approximate surface area is 107 Å². The Morgan fingerprint density at radius 1 is 1.29 bits per heavy atom. The molecule has 1 rings (SSSR count). The van der Waals surface area contributed by atoms with Crippen LogP contribution in [0.25, 0.3) is 0 Å². The number of rotatable bonds is 2. The van der Waals surface area contributed by atoms with E-state index in [1.54, 1.807) is 6.08 Å². The van der Waals surface area contributed by atoms with Crippen molar-refractivity contribution in [1.29, 1.82) is 5.26 Å². The molecular weight excluding hydrogens is 226 g/mol. The van der Waals surface area contributed by atoms with Crippen molar-refractivity contribution < 1.29 is 4.43 Å². The standard InChI is InChI=1S/C14H25NOSi/c1-14(2,3)17(4,5)16-13-8-6-12(7-9-13)10-11-15/h10,13H,6-9H2,1-5H3. The predicted octanol–water partition coefficient (Wildman–Crippen LogP) is 4.40. The summed E-state index contributed by atoms with van der Waals surface area (Å²) in [7, 11) is -1.62. The van der Waals surface area contributed by atoms with Gasteiger partial charge >= 0.3 is 0 Å². The fourth-order valence-electron chi connectivity index (χ4n) is 1.91. The number of nitriles is 1. The molecule has 0 spiro atoms. The Kier molecular flexibility index (Phi) is 4.57. The minimum Gasteiger partial charge on any atom is -0.414 e. The van der Waals surface area contributed by atoms with Crippen LogP contribution in [-0.2, 0) is 4.43 Å². The van der Waals surface area contributed by atoms with Gasteiger partial charge in [0, 0.05) is 12.2 Å². The summed E-state index contributed by atoms with van der Waals surface area (Å²) in [6, 6.07) is 2.13. The molecule has 0 amide bonds. The van der Waals surface area contributed by atoms with E-state index >= 15 is 0 Å². The molecule has 0 aromatic rings. The number of allylic oxidation sites excluding steroid dienone is 2. The summed E-state index contributed by atoms with van der Waals surface area (Å²) in [5, 5.41) is 8.91. The minimum atomic E-state index is -1.62. The summed E-state index contributed by atoms with van der Waals surface area (Å²) in [6.45, 7) is 11.5. The predicted molar refractivity (Wildman–Crippen MR) is 74.2 cm³/mol. The molecule has 1 aliphatic rings. The maximum absolute atomic E-state index is 8.63. The van der Waals surface area contributed by atoms with E-state index in [9.17, 15) is 0 Å². The topological polar surface area (TPSA) is 33.0 Å². The SMILES string of the molecule is CC(C)(C)[Si](C)(C)OC1CCC(=CC#N)CC1. The van der Waals surface area contributed by atoms with Gasteiger partial charge in [0.2, 0.25) is 0 Å². The van der Waals surface area contributed by atoms with Crippen LogP contribution in [0.1, 0.15) is 46.5 Å². The zero-order valence-electron chi connectivity index (χ0n) is 11.8. The van der Waals surface area contributed by atoms with Gasteiger partial charge in [-0.15, -0.1) is 0 Å². The first-order valence-corrected chi connectivity index (χ1v) is 9.42. The van der Waals surface area contributed by atoms with E-state index < -0.39 is 8.32 Å². The second kappa shape index (κ2) is 5.37. The van der Waals surface area contributed by atoms with Crippen molar-refractivity contribution in [2.24, 2.45) is 0 Å². The van der Waals surface area contributed by atoms with E-state index in [-0.39, 0.29) is 5.04 Å². The van der Waals surface area contributed by atoms with Crippen LogP contribution in [0.4, 0.5) is 0 Å². The van der Waals surface area contributed by atoms with Gasteiger partial charge in [-0.1, -0.05) is 26.3 Å². The Balaban J connectivity index is 2.52. The van der Waals surface area contributed by atoms with Crippen molar-refractivity contribution in [3.8, 4) is 6.07 Å². The smallest absolute Gasteiger partial charge is 0.192 e. The molecule has 0 aliphatic heterocycles. The van der Waals surface area contributed by atoms with E-state index in [1.165, 1.54) is 5.57 Å². The van der Waals surface area contributed by atoms with Crippen LogP contribution in [0, 0.1) is 11.3 Å². The van der Waals surface area contributed by atoms with Crippen LogP contribution >= 0.6 is 0 Å². The van der Waals surface area contributed by atoms with Crippen molar-refractivity contribution in [2.75, 3.05) is 0 Å². The van der Waals surface area contributed by atoms with Crippen LogP contribution in [0.15, 0.2) is 11.6 Å². The average molecular weight is 251 g/mol. The fourth-order valence-corrected chi connectivity index (χ4v) is 3.33. The third kappa shape index (κ3) is 3.97. The molecule has 1 saturated carbocycles. The van der Waals surface area contributed by atoms with Gasteiger partial charge in [-0.05, 0) is 43.8 Å². The van der Waals surface area contributed by atoms with E-state index in [0.717, 1.165) is 25.7 Å². The van der Waals surface area contributed by atoms with E-state index in [1.807, 2.05) is 0 Å². The van der Waals surface area contributed by atoms with Gasteiger partial charge in [-0.2, -0.15) is 5.26 Å². The summed E-state index contributed by atoms with van der Waals surface area (Å²) in [6.07, 6.45) is 6.36. The summed E-state index contributed by atoms with van der Waals surface area (Å²) >= 11 is 0. The molecule has 0 heterocycles. The van der Waals surface area contributed by atoms with Gasteiger partial charge in [-0.3, -0.25) is 0 Å². The summed E-state index contributed by atoms with van der Waals surface area (Å²) in [4.78, 5) is 0. The zero-order valence-corrected chi connectivity index (χ0v) is 12.8. The minimum absolute atomic E-state index is 0.287. The maximum atomic E-state index is 8.63. The van der Waals surface area contributed by atoms with Crippen LogP contribution < -0.4 is 0 Å². The first-order valence-electron chi connectivity index (χ1n) is 6.51. The monoisotopic (exact) mass is 251 g/mol. The molecule has 1 fully saturated rings. The normalized spacial score (nSPS) is 22.1. The molecule has 0 saturated heterocycles. The van der Waals surface area contributed by atoms with E-state index in [4.69, 9.17) is 9.69 Å². The Morgan fingerprint density at radius 2 is 1.82 bits per heavy atom. The second-order valence-corrected chi connectivity index (χ2v) is 11.3. The first-order chi connectivity index (χ1) is 7.76. The molecular formula is C14H25NOSi. The van der Waals surface area contributed by atoms with Gasteiger partial charge in [0.15, 0.2) is 8.32 Å². The highest BCUT2D eigenvalue weighted by molar-refractivity contribution is 6.74. The van der Waals surface area contributed by atoms with Gasteiger partial charge in [0.25, 0.3) is 0 Å². The van der Waals surface area contributed by atoms with Gasteiger partial charge in [0.1, 0.15) is 0 Å². The lowest BCUT2D eigenvalue weighted by Crippen LogP contribution is -2.44. The maximum Gasteiger partial charge on any atom is 0.192 e. The molecule has 0 unspecified atom stereocenters. The molecule has 0 N–H and O–H groups in total. The quantitative estimate of drug-likeness (QED) is 0.538. The van der Waals surface area contributed by atoms with Crippen LogP contribution in [0.3, 0.4) is 0 Å². The first kappa shape index (κ1) is 14.5. The molecule has 0 radical (unpaired) electrons. The highest BCUT2D eigenvalue weighted by Gasteiger charge is 2.39. The van der Waals surface area contributed by atoms with Crippen molar-refractivity contribution in [3.05, 3.63) is 11.6 Å². The lowest BCUT2D eigenvalue weighted by molar-refractivity contribution is 0.151. The average Bonchev–Trinajstić information content (AvgIpc) is 2.19. The van der Waals surface area contributed by atoms with Crippen molar-refractivity contribution in [2.45, 2.75) is 70.7 Å². The fraction of sp³-hybridized carbons (Fsp3) is 0.786. The molecule has 0 aromatic heterocycles. The largest absolute Gasteiger partial charge is 0.414 e. The van der Waals surface area contributed by atoms with Gasteiger partial charge in [0.05, 0.1) is 6.07 Å². The summed E-state index contributed by atoms with van der Waals surface area (Å²) < 4.78 is 6.40. The van der Waals surface area contributed by atoms with Crippen LogP contribution in [-0.4, -0.2) is 14.4 Å². The number of hydrogen-bond acceptors (Lipinski definition) is 2. The zero-order chi connectivity index (χ0) is 13.1. The Morgan fingerprint density at radius 3 is 2.24 bits per heavy atom. The Hall–Kier alpha value is -0.593.